The molecule has 0 heterocycles. The fourth-order valence-electron chi connectivity index (χ4n) is 3.62. The van der Waals surface area contributed by atoms with Gasteiger partial charge in [0.25, 0.3) is 0 Å². The molecule has 0 aromatic heterocycles. The highest BCUT2D eigenvalue weighted by atomic mass is 15.0. The third-order valence-corrected chi connectivity index (χ3v) is 5.39. The predicted octanol–water partition coefficient (Wildman–Crippen LogP) is 3.20. The maximum atomic E-state index is 3.72. The Labute approximate surface area is 94.0 Å². The molecule has 3 aliphatic rings. The van der Waals surface area contributed by atoms with Crippen molar-refractivity contribution in [3.63, 3.8) is 0 Å². The SMILES string of the molecule is CC1CCC2(CC1C)CC2CNC1CC1. The van der Waals surface area contributed by atoms with Crippen LogP contribution in [0, 0.1) is 23.2 Å². The van der Waals surface area contributed by atoms with E-state index in [0.29, 0.717) is 0 Å². The van der Waals surface area contributed by atoms with Crippen LogP contribution in [-0.4, -0.2) is 12.6 Å². The average Bonchev–Trinajstić information content (AvgIpc) is 3.07. The lowest BCUT2D eigenvalue weighted by atomic mass is 9.73. The summed E-state index contributed by atoms with van der Waals surface area (Å²) in [6, 6.07) is 0.905. The van der Waals surface area contributed by atoms with Crippen molar-refractivity contribution in [1.82, 2.24) is 5.32 Å². The van der Waals surface area contributed by atoms with Gasteiger partial charge in [0.2, 0.25) is 0 Å². The van der Waals surface area contributed by atoms with Crippen molar-refractivity contribution in [2.24, 2.45) is 23.2 Å². The van der Waals surface area contributed by atoms with Crippen LogP contribution in [0.15, 0.2) is 0 Å². The second-order valence-corrected chi connectivity index (χ2v) is 6.64. The predicted molar refractivity (Wildman–Crippen MR) is 63.7 cm³/mol. The molecule has 3 fully saturated rings. The molecular formula is C14H25N. The molecule has 0 bridgehead atoms. The Morgan fingerprint density at radius 3 is 2.53 bits per heavy atom. The maximum absolute atomic E-state index is 3.72. The third kappa shape index (κ3) is 1.95. The van der Waals surface area contributed by atoms with Crippen molar-refractivity contribution in [1.29, 1.82) is 0 Å². The van der Waals surface area contributed by atoms with E-state index in [1.54, 1.807) is 0 Å². The molecule has 1 nitrogen and oxygen atoms in total. The van der Waals surface area contributed by atoms with Crippen LogP contribution in [0.3, 0.4) is 0 Å². The van der Waals surface area contributed by atoms with Crippen molar-refractivity contribution in [2.75, 3.05) is 6.54 Å². The summed E-state index contributed by atoms with van der Waals surface area (Å²) in [6.07, 6.45) is 8.94. The third-order valence-electron chi connectivity index (χ3n) is 5.39. The van der Waals surface area contributed by atoms with Crippen LogP contribution in [0.4, 0.5) is 0 Å². The lowest BCUT2D eigenvalue weighted by Gasteiger charge is -2.33. The summed E-state index contributed by atoms with van der Waals surface area (Å²) >= 11 is 0. The molecule has 1 heteroatoms. The largest absolute Gasteiger partial charge is 0.314 e. The van der Waals surface area contributed by atoms with Crippen LogP contribution in [0.1, 0.15) is 52.4 Å². The second-order valence-electron chi connectivity index (χ2n) is 6.64. The van der Waals surface area contributed by atoms with E-state index in [2.05, 4.69) is 19.2 Å². The molecule has 0 radical (unpaired) electrons. The van der Waals surface area contributed by atoms with Gasteiger partial charge in [0.1, 0.15) is 0 Å². The molecule has 0 aromatic carbocycles. The van der Waals surface area contributed by atoms with E-state index in [0.717, 1.165) is 29.2 Å². The standard InChI is InChI=1S/C14H25N/c1-10-5-6-14(7-11(10)2)8-12(14)9-15-13-3-4-13/h10-13,15H,3-9H2,1-2H3. The quantitative estimate of drug-likeness (QED) is 0.749. The molecule has 4 atom stereocenters. The normalized spacial score (nSPS) is 49.6. The first-order chi connectivity index (χ1) is 7.20. The Kier molecular flexibility index (Phi) is 2.35. The Bertz CT molecular complexity index is 246. The summed E-state index contributed by atoms with van der Waals surface area (Å²) in [5, 5.41) is 3.72. The first-order valence-electron chi connectivity index (χ1n) is 6.93. The fraction of sp³-hybridized carbons (Fsp3) is 1.00. The first-order valence-corrected chi connectivity index (χ1v) is 6.93. The Morgan fingerprint density at radius 1 is 1.07 bits per heavy atom. The van der Waals surface area contributed by atoms with Gasteiger partial charge >= 0.3 is 0 Å². The molecule has 1 N–H and O–H groups in total. The molecule has 1 spiro atoms. The van der Waals surface area contributed by atoms with Gasteiger partial charge in [-0.25, -0.2) is 0 Å². The van der Waals surface area contributed by atoms with Gasteiger partial charge in [-0.05, 0) is 68.2 Å². The number of hydrogen-bond donors (Lipinski definition) is 1. The minimum Gasteiger partial charge on any atom is -0.314 e. The van der Waals surface area contributed by atoms with Crippen LogP contribution in [0.5, 0.6) is 0 Å². The van der Waals surface area contributed by atoms with Crippen molar-refractivity contribution in [3.05, 3.63) is 0 Å². The molecule has 15 heavy (non-hydrogen) atoms. The smallest absolute Gasteiger partial charge is 0.00683 e. The summed E-state index contributed by atoms with van der Waals surface area (Å²) in [4.78, 5) is 0. The fourth-order valence-corrected chi connectivity index (χ4v) is 3.62. The van der Waals surface area contributed by atoms with Crippen LogP contribution in [0.2, 0.25) is 0 Å². The summed E-state index contributed by atoms with van der Waals surface area (Å²) in [5.74, 6) is 2.99. The Hall–Kier alpha value is -0.0400. The van der Waals surface area contributed by atoms with E-state index in [-0.39, 0.29) is 0 Å². The van der Waals surface area contributed by atoms with E-state index < -0.39 is 0 Å². The van der Waals surface area contributed by atoms with E-state index in [9.17, 15) is 0 Å². The van der Waals surface area contributed by atoms with Crippen molar-refractivity contribution in [2.45, 2.75) is 58.4 Å². The van der Waals surface area contributed by atoms with E-state index in [4.69, 9.17) is 0 Å². The number of nitrogens with one attached hydrogen (secondary N) is 1. The summed E-state index contributed by atoms with van der Waals surface area (Å²) in [6.45, 7) is 6.23. The Morgan fingerprint density at radius 2 is 1.87 bits per heavy atom. The molecule has 86 valence electrons. The summed E-state index contributed by atoms with van der Waals surface area (Å²) in [7, 11) is 0. The Balaban J connectivity index is 1.50. The van der Waals surface area contributed by atoms with Crippen LogP contribution in [-0.2, 0) is 0 Å². The zero-order chi connectivity index (χ0) is 10.5. The molecule has 3 aliphatic carbocycles. The number of hydrogen-bond acceptors (Lipinski definition) is 1. The van der Waals surface area contributed by atoms with Gasteiger partial charge in [0.15, 0.2) is 0 Å². The lowest BCUT2D eigenvalue weighted by Crippen LogP contribution is -2.27. The molecular weight excluding hydrogens is 182 g/mol. The zero-order valence-electron chi connectivity index (χ0n) is 10.3. The molecule has 3 saturated carbocycles. The molecule has 0 saturated heterocycles. The first kappa shape index (κ1) is 10.1. The molecule has 3 rings (SSSR count). The van der Waals surface area contributed by atoms with Gasteiger partial charge in [-0.3, -0.25) is 0 Å². The van der Waals surface area contributed by atoms with E-state index in [1.165, 1.54) is 45.1 Å². The van der Waals surface area contributed by atoms with Crippen LogP contribution in [0.25, 0.3) is 0 Å². The summed E-state index contributed by atoms with van der Waals surface area (Å²) < 4.78 is 0. The molecule has 4 unspecified atom stereocenters. The summed E-state index contributed by atoms with van der Waals surface area (Å²) in [5.41, 5.74) is 0.799. The number of rotatable bonds is 3. The van der Waals surface area contributed by atoms with Crippen molar-refractivity contribution < 1.29 is 0 Å². The van der Waals surface area contributed by atoms with Gasteiger partial charge in [-0.2, -0.15) is 0 Å². The molecule has 0 aliphatic heterocycles. The van der Waals surface area contributed by atoms with Crippen molar-refractivity contribution in [3.8, 4) is 0 Å². The zero-order valence-corrected chi connectivity index (χ0v) is 10.3. The van der Waals surface area contributed by atoms with Gasteiger partial charge in [0, 0.05) is 6.04 Å². The minimum absolute atomic E-state index is 0.799. The van der Waals surface area contributed by atoms with Crippen LogP contribution >= 0.6 is 0 Å². The van der Waals surface area contributed by atoms with E-state index in [1.807, 2.05) is 0 Å². The second kappa shape index (κ2) is 3.48. The van der Waals surface area contributed by atoms with Crippen molar-refractivity contribution >= 4 is 0 Å². The highest BCUT2D eigenvalue weighted by Crippen LogP contribution is 2.63. The molecule has 0 aromatic rings. The minimum atomic E-state index is 0.799. The lowest BCUT2D eigenvalue weighted by molar-refractivity contribution is 0.177. The highest BCUT2D eigenvalue weighted by Gasteiger charge is 2.55. The average molecular weight is 207 g/mol. The van der Waals surface area contributed by atoms with Gasteiger partial charge in [0.05, 0.1) is 0 Å². The highest BCUT2D eigenvalue weighted by molar-refractivity contribution is 5.06. The van der Waals surface area contributed by atoms with Gasteiger partial charge in [-0.1, -0.05) is 13.8 Å². The van der Waals surface area contributed by atoms with Crippen LogP contribution < -0.4 is 5.32 Å². The van der Waals surface area contributed by atoms with Gasteiger partial charge in [-0.15, -0.1) is 0 Å². The van der Waals surface area contributed by atoms with E-state index >= 15 is 0 Å². The molecule has 0 amide bonds. The monoisotopic (exact) mass is 207 g/mol. The van der Waals surface area contributed by atoms with Gasteiger partial charge < -0.3 is 5.32 Å². The topological polar surface area (TPSA) is 12.0 Å². The maximum Gasteiger partial charge on any atom is 0.00683 e.